The summed E-state index contributed by atoms with van der Waals surface area (Å²) >= 11 is 0. The van der Waals surface area contributed by atoms with E-state index < -0.39 is 0 Å². The molecule has 0 bridgehead atoms. The molecule has 0 spiro atoms. The highest BCUT2D eigenvalue weighted by Gasteiger charge is 2.16. The van der Waals surface area contributed by atoms with Gasteiger partial charge in [0.25, 0.3) is 0 Å². The van der Waals surface area contributed by atoms with Crippen molar-refractivity contribution in [3.8, 4) is 0 Å². The highest BCUT2D eigenvalue weighted by Crippen LogP contribution is 2.17. The van der Waals surface area contributed by atoms with E-state index in [2.05, 4.69) is 25.5 Å². The van der Waals surface area contributed by atoms with Crippen molar-refractivity contribution in [1.29, 1.82) is 0 Å². The maximum atomic E-state index is 12.2. The molecule has 0 unspecified atom stereocenters. The van der Waals surface area contributed by atoms with Gasteiger partial charge in [0.2, 0.25) is 5.95 Å². The molecule has 6 heteroatoms. The van der Waals surface area contributed by atoms with Gasteiger partial charge in [0.1, 0.15) is 0 Å². The molecule has 1 fully saturated rings. The minimum Gasteiger partial charge on any atom is -0.341 e. The third-order valence-electron chi connectivity index (χ3n) is 4.34. The quantitative estimate of drug-likeness (QED) is 0.896. The Balaban J connectivity index is 1.61. The first-order chi connectivity index (χ1) is 12.0. The fourth-order valence-corrected chi connectivity index (χ4v) is 3.06. The minimum absolute atomic E-state index is 0.231. The first kappa shape index (κ1) is 17.2. The number of nitrogens with one attached hydrogen (secondary N) is 2. The number of rotatable bonds is 4. The van der Waals surface area contributed by atoms with Gasteiger partial charge in [-0.25, -0.2) is 14.8 Å². The number of aryl methyl sites for hydroxylation is 3. The highest BCUT2D eigenvalue weighted by molar-refractivity contribution is 5.90. The molecular formula is C19H25N5O. The van der Waals surface area contributed by atoms with Crippen LogP contribution in [0.15, 0.2) is 24.3 Å². The zero-order valence-corrected chi connectivity index (χ0v) is 15.1. The van der Waals surface area contributed by atoms with Gasteiger partial charge in [-0.2, -0.15) is 0 Å². The molecule has 0 radical (unpaired) electrons. The predicted octanol–water partition coefficient (Wildman–Crippen LogP) is 3.32. The van der Waals surface area contributed by atoms with Crippen molar-refractivity contribution in [2.75, 3.05) is 23.3 Å². The smallest absolute Gasteiger partial charge is 0.319 e. The maximum Gasteiger partial charge on any atom is 0.319 e. The molecule has 2 amide bonds. The number of benzene rings is 1. The van der Waals surface area contributed by atoms with E-state index in [4.69, 9.17) is 0 Å². The Bertz CT molecular complexity index is 768. The van der Waals surface area contributed by atoms with Crippen LogP contribution in [0.5, 0.6) is 0 Å². The van der Waals surface area contributed by atoms with Gasteiger partial charge in [-0.15, -0.1) is 0 Å². The van der Waals surface area contributed by atoms with Crippen LogP contribution in [-0.2, 0) is 6.54 Å². The molecule has 0 saturated carbocycles. The van der Waals surface area contributed by atoms with Crippen molar-refractivity contribution in [1.82, 2.24) is 15.3 Å². The summed E-state index contributed by atoms with van der Waals surface area (Å²) in [5.74, 6) is 0.768. The van der Waals surface area contributed by atoms with E-state index in [1.807, 2.05) is 45.0 Å². The first-order valence-corrected chi connectivity index (χ1v) is 8.73. The Morgan fingerprint density at radius 2 is 1.88 bits per heavy atom. The zero-order chi connectivity index (χ0) is 17.8. The number of amides is 2. The van der Waals surface area contributed by atoms with Crippen LogP contribution in [-0.4, -0.2) is 29.1 Å². The topological polar surface area (TPSA) is 70.2 Å². The molecule has 1 aliphatic rings. The number of carbonyl (C=O) groups is 1. The number of anilines is 2. The largest absolute Gasteiger partial charge is 0.341 e. The van der Waals surface area contributed by atoms with E-state index in [1.165, 1.54) is 18.4 Å². The Morgan fingerprint density at radius 3 is 2.60 bits per heavy atom. The lowest BCUT2D eigenvalue weighted by Crippen LogP contribution is -2.29. The Kier molecular flexibility index (Phi) is 5.16. The fourth-order valence-electron chi connectivity index (χ4n) is 3.06. The lowest BCUT2D eigenvalue weighted by atomic mass is 10.1. The summed E-state index contributed by atoms with van der Waals surface area (Å²) in [5, 5.41) is 5.76. The van der Waals surface area contributed by atoms with Gasteiger partial charge in [-0.3, -0.25) is 0 Å². The van der Waals surface area contributed by atoms with E-state index in [0.29, 0.717) is 6.54 Å². The van der Waals surface area contributed by atoms with Crippen LogP contribution in [0.1, 0.15) is 35.4 Å². The normalized spacial score (nSPS) is 13.8. The molecule has 25 heavy (non-hydrogen) atoms. The molecule has 0 atom stereocenters. The van der Waals surface area contributed by atoms with Crippen molar-refractivity contribution >= 4 is 17.7 Å². The summed E-state index contributed by atoms with van der Waals surface area (Å²) in [7, 11) is 0. The Hall–Kier alpha value is -2.63. The van der Waals surface area contributed by atoms with E-state index >= 15 is 0 Å². The average Bonchev–Trinajstić information content (AvgIpc) is 3.10. The summed E-state index contributed by atoms with van der Waals surface area (Å²) in [6.45, 7) is 8.36. The molecule has 1 aromatic carbocycles. The third kappa shape index (κ3) is 4.47. The monoisotopic (exact) mass is 339 g/mol. The average molecular weight is 339 g/mol. The summed E-state index contributed by atoms with van der Waals surface area (Å²) in [4.78, 5) is 23.5. The van der Waals surface area contributed by atoms with Crippen molar-refractivity contribution in [3.05, 3.63) is 46.8 Å². The van der Waals surface area contributed by atoms with Gasteiger partial charge < -0.3 is 15.5 Å². The van der Waals surface area contributed by atoms with Gasteiger partial charge >= 0.3 is 6.03 Å². The van der Waals surface area contributed by atoms with Gasteiger partial charge in [-0.05, 0) is 51.3 Å². The number of hydrogen-bond donors (Lipinski definition) is 2. The van der Waals surface area contributed by atoms with Crippen LogP contribution < -0.4 is 15.5 Å². The molecule has 0 aliphatic carbocycles. The Labute approximate surface area is 148 Å². The SMILES string of the molecule is Cc1ccc(NC(=O)NCc2cc(C)nc(N3CCCC3)n2)c(C)c1. The van der Waals surface area contributed by atoms with Gasteiger partial charge in [0.15, 0.2) is 0 Å². The van der Waals surface area contributed by atoms with Crippen molar-refractivity contribution < 1.29 is 4.79 Å². The van der Waals surface area contributed by atoms with Crippen LogP contribution in [0.4, 0.5) is 16.4 Å². The second-order valence-corrected chi connectivity index (χ2v) is 6.62. The van der Waals surface area contributed by atoms with E-state index in [9.17, 15) is 4.79 Å². The summed E-state index contributed by atoms with van der Waals surface area (Å²) < 4.78 is 0. The second-order valence-electron chi connectivity index (χ2n) is 6.62. The molecule has 3 rings (SSSR count). The number of carbonyl (C=O) groups excluding carboxylic acids is 1. The van der Waals surface area contributed by atoms with Gasteiger partial charge in [0, 0.05) is 24.5 Å². The van der Waals surface area contributed by atoms with Crippen molar-refractivity contribution in [2.45, 2.75) is 40.2 Å². The molecule has 2 heterocycles. The minimum atomic E-state index is -0.231. The summed E-state index contributed by atoms with van der Waals surface area (Å²) in [6.07, 6.45) is 2.37. The number of hydrogen-bond acceptors (Lipinski definition) is 4. The molecule has 6 nitrogen and oxygen atoms in total. The van der Waals surface area contributed by atoms with Crippen LogP contribution in [0.25, 0.3) is 0 Å². The first-order valence-electron chi connectivity index (χ1n) is 8.73. The van der Waals surface area contributed by atoms with Crippen molar-refractivity contribution in [3.63, 3.8) is 0 Å². The van der Waals surface area contributed by atoms with Crippen molar-refractivity contribution in [2.24, 2.45) is 0 Å². The molecule has 1 saturated heterocycles. The number of nitrogens with zero attached hydrogens (tertiary/aromatic N) is 3. The second kappa shape index (κ2) is 7.51. The molecule has 2 aromatic rings. The summed E-state index contributed by atoms with van der Waals surface area (Å²) in [6, 6.07) is 7.64. The molecule has 1 aliphatic heterocycles. The van der Waals surface area contributed by atoms with Crippen LogP contribution >= 0.6 is 0 Å². The fraction of sp³-hybridized carbons (Fsp3) is 0.421. The zero-order valence-electron chi connectivity index (χ0n) is 15.1. The van der Waals surface area contributed by atoms with Crippen LogP contribution in [0, 0.1) is 20.8 Å². The summed E-state index contributed by atoms with van der Waals surface area (Å²) in [5.41, 5.74) is 4.78. The molecular weight excluding hydrogens is 314 g/mol. The predicted molar refractivity (Wildman–Crippen MR) is 100.0 cm³/mol. The van der Waals surface area contributed by atoms with Gasteiger partial charge in [0.05, 0.1) is 12.2 Å². The van der Waals surface area contributed by atoms with E-state index in [0.717, 1.165) is 41.7 Å². The van der Waals surface area contributed by atoms with Gasteiger partial charge in [-0.1, -0.05) is 17.7 Å². The molecule has 132 valence electrons. The lowest BCUT2D eigenvalue weighted by molar-refractivity contribution is 0.251. The Morgan fingerprint density at radius 1 is 1.12 bits per heavy atom. The lowest BCUT2D eigenvalue weighted by Gasteiger charge is -2.16. The number of aromatic nitrogens is 2. The third-order valence-corrected chi connectivity index (χ3v) is 4.34. The highest BCUT2D eigenvalue weighted by atomic mass is 16.2. The molecule has 2 N–H and O–H groups in total. The maximum absolute atomic E-state index is 12.2. The standard InChI is InChI=1S/C19H25N5O/c1-13-6-7-17(14(2)10-13)23-19(25)20-12-16-11-15(3)21-18(22-16)24-8-4-5-9-24/h6-7,10-11H,4-5,8-9,12H2,1-3H3,(H2,20,23,25). The van der Waals surface area contributed by atoms with E-state index in [1.54, 1.807) is 0 Å². The van der Waals surface area contributed by atoms with Crippen LogP contribution in [0.2, 0.25) is 0 Å². The van der Waals surface area contributed by atoms with E-state index in [-0.39, 0.29) is 6.03 Å². The molecule has 1 aromatic heterocycles. The van der Waals surface area contributed by atoms with Crippen LogP contribution in [0.3, 0.4) is 0 Å². The number of urea groups is 1.